The Balaban J connectivity index is 1.62. The van der Waals surface area contributed by atoms with E-state index in [0.29, 0.717) is 35.8 Å². The first-order valence-corrected chi connectivity index (χ1v) is 10.1. The summed E-state index contributed by atoms with van der Waals surface area (Å²) in [6.07, 6.45) is 0. The molecule has 1 atom stereocenters. The number of nitrogens with one attached hydrogen (secondary N) is 2. The van der Waals surface area contributed by atoms with Crippen LogP contribution in [0.2, 0.25) is 0 Å². The number of rotatable bonds is 9. The smallest absolute Gasteiger partial charge is 0.259 e. The normalized spacial score (nSPS) is 11.4. The second-order valence-corrected chi connectivity index (χ2v) is 6.97. The van der Waals surface area contributed by atoms with Gasteiger partial charge in [0.05, 0.1) is 18.2 Å². The molecule has 0 aliphatic rings. The van der Waals surface area contributed by atoms with Gasteiger partial charge in [-0.25, -0.2) is 0 Å². The van der Waals surface area contributed by atoms with Crippen LogP contribution >= 0.6 is 0 Å². The highest BCUT2D eigenvalue weighted by Gasteiger charge is 2.14. The standard InChI is InChI=1S/C25H26N2O4/c1-18(19-8-4-3-5-9-19)26-24(28)20-12-14-21(15-13-20)27-25(29)22-10-6-7-11-23(22)31-17-16-30-2/h3-15,18H,16-17H2,1-2H3,(H,26,28)(H,27,29). The first-order valence-electron chi connectivity index (χ1n) is 10.1. The highest BCUT2D eigenvalue weighted by molar-refractivity contribution is 6.06. The summed E-state index contributed by atoms with van der Waals surface area (Å²) in [5.74, 6) is 0.0250. The minimum Gasteiger partial charge on any atom is -0.490 e. The van der Waals surface area contributed by atoms with Crippen molar-refractivity contribution in [2.45, 2.75) is 13.0 Å². The maximum atomic E-state index is 12.7. The van der Waals surface area contributed by atoms with E-state index in [-0.39, 0.29) is 17.9 Å². The van der Waals surface area contributed by atoms with Gasteiger partial charge in [-0.05, 0) is 48.9 Å². The Labute approximate surface area is 182 Å². The summed E-state index contributed by atoms with van der Waals surface area (Å²) in [6, 6.07) is 23.5. The van der Waals surface area contributed by atoms with Crippen molar-refractivity contribution in [2.75, 3.05) is 25.6 Å². The van der Waals surface area contributed by atoms with E-state index in [9.17, 15) is 9.59 Å². The van der Waals surface area contributed by atoms with Gasteiger partial charge in [-0.3, -0.25) is 9.59 Å². The van der Waals surface area contributed by atoms with Crippen molar-refractivity contribution < 1.29 is 19.1 Å². The lowest BCUT2D eigenvalue weighted by Crippen LogP contribution is -2.26. The van der Waals surface area contributed by atoms with E-state index in [4.69, 9.17) is 9.47 Å². The largest absolute Gasteiger partial charge is 0.490 e. The lowest BCUT2D eigenvalue weighted by atomic mass is 10.1. The van der Waals surface area contributed by atoms with E-state index in [1.165, 1.54) is 0 Å². The Morgan fingerprint density at radius 2 is 1.52 bits per heavy atom. The molecule has 160 valence electrons. The predicted octanol–water partition coefficient (Wildman–Crippen LogP) is 4.46. The Hall–Kier alpha value is -3.64. The molecule has 3 aromatic rings. The van der Waals surface area contributed by atoms with Crippen LogP contribution in [0.25, 0.3) is 0 Å². The van der Waals surface area contributed by atoms with Gasteiger partial charge in [0.1, 0.15) is 12.4 Å². The predicted molar refractivity (Wildman–Crippen MR) is 121 cm³/mol. The maximum absolute atomic E-state index is 12.7. The van der Waals surface area contributed by atoms with Crippen molar-refractivity contribution >= 4 is 17.5 Å². The Morgan fingerprint density at radius 1 is 0.839 bits per heavy atom. The summed E-state index contributed by atoms with van der Waals surface area (Å²) in [7, 11) is 1.59. The van der Waals surface area contributed by atoms with Crippen molar-refractivity contribution in [1.29, 1.82) is 0 Å². The van der Waals surface area contributed by atoms with Gasteiger partial charge >= 0.3 is 0 Å². The van der Waals surface area contributed by atoms with Crippen LogP contribution in [0.3, 0.4) is 0 Å². The van der Waals surface area contributed by atoms with Crippen LogP contribution in [0.4, 0.5) is 5.69 Å². The van der Waals surface area contributed by atoms with Crippen LogP contribution in [0.15, 0.2) is 78.9 Å². The molecule has 31 heavy (non-hydrogen) atoms. The first-order chi connectivity index (χ1) is 15.1. The highest BCUT2D eigenvalue weighted by Crippen LogP contribution is 2.20. The molecular weight excluding hydrogens is 392 g/mol. The third kappa shape index (κ3) is 6.17. The van der Waals surface area contributed by atoms with Crippen LogP contribution in [0.1, 0.15) is 39.2 Å². The minimum absolute atomic E-state index is 0.109. The van der Waals surface area contributed by atoms with Crippen molar-refractivity contribution in [3.8, 4) is 5.75 Å². The molecule has 2 N–H and O–H groups in total. The Bertz CT molecular complexity index is 1000. The molecule has 0 radical (unpaired) electrons. The monoisotopic (exact) mass is 418 g/mol. The first kappa shape index (κ1) is 22.1. The van der Waals surface area contributed by atoms with Gasteiger partial charge in [-0.1, -0.05) is 42.5 Å². The Morgan fingerprint density at radius 3 is 2.23 bits per heavy atom. The number of methoxy groups -OCH3 is 1. The fourth-order valence-corrected chi connectivity index (χ4v) is 3.02. The number of benzene rings is 3. The molecule has 0 fully saturated rings. The third-order valence-corrected chi connectivity index (χ3v) is 4.73. The Kier molecular flexibility index (Phi) is 7.79. The maximum Gasteiger partial charge on any atom is 0.259 e. The van der Waals surface area contributed by atoms with Crippen LogP contribution in [-0.2, 0) is 4.74 Å². The molecule has 0 spiro atoms. The van der Waals surface area contributed by atoms with E-state index in [2.05, 4.69) is 10.6 Å². The molecule has 1 unspecified atom stereocenters. The van der Waals surface area contributed by atoms with Gasteiger partial charge in [0.2, 0.25) is 0 Å². The summed E-state index contributed by atoms with van der Waals surface area (Å²) < 4.78 is 10.6. The zero-order chi connectivity index (χ0) is 22.1. The van der Waals surface area contributed by atoms with Gasteiger partial charge in [0.15, 0.2) is 0 Å². The number of hydrogen-bond donors (Lipinski definition) is 2. The van der Waals surface area contributed by atoms with Gasteiger partial charge in [-0.15, -0.1) is 0 Å². The molecule has 0 saturated heterocycles. The zero-order valence-electron chi connectivity index (χ0n) is 17.6. The molecule has 0 heterocycles. The third-order valence-electron chi connectivity index (χ3n) is 4.73. The lowest BCUT2D eigenvalue weighted by molar-refractivity contribution is 0.0939. The molecule has 3 aromatic carbocycles. The average molecular weight is 418 g/mol. The second kappa shape index (κ2) is 10.9. The fourth-order valence-electron chi connectivity index (χ4n) is 3.02. The number of hydrogen-bond acceptors (Lipinski definition) is 4. The lowest BCUT2D eigenvalue weighted by Gasteiger charge is -2.15. The summed E-state index contributed by atoms with van der Waals surface area (Å²) >= 11 is 0. The van der Waals surface area contributed by atoms with Crippen molar-refractivity contribution in [2.24, 2.45) is 0 Å². The molecule has 2 amide bonds. The number of amides is 2. The highest BCUT2D eigenvalue weighted by atomic mass is 16.5. The van der Waals surface area contributed by atoms with Crippen LogP contribution in [0.5, 0.6) is 5.75 Å². The molecule has 0 aromatic heterocycles. The molecule has 0 saturated carbocycles. The average Bonchev–Trinajstić information content (AvgIpc) is 2.80. The van der Waals surface area contributed by atoms with Gasteiger partial charge < -0.3 is 20.1 Å². The molecule has 0 aliphatic heterocycles. The van der Waals surface area contributed by atoms with E-state index >= 15 is 0 Å². The van der Waals surface area contributed by atoms with Crippen LogP contribution in [-0.4, -0.2) is 32.1 Å². The van der Waals surface area contributed by atoms with Crippen molar-refractivity contribution in [3.05, 3.63) is 95.6 Å². The van der Waals surface area contributed by atoms with E-state index in [1.807, 2.05) is 43.3 Å². The number of carbonyl (C=O) groups is 2. The number of para-hydroxylation sites is 1. The summed E-state index contributed by atoms with van der Waals surface area (Å²) in [5.41, 5.74) is 2.57. The van der Waals surface area contributed by atoms with Gasteiger partial charge in [0.25, 0.3) is 11.8 Å². The quantitative estimate of drug-likeness (QED) is 0.503. The number of carbonyl (C=O) groups excluding carboxylic acids is 2. The summed E-state index contributed by atoms with van der Waals surface area (Å²) in [4.78, 5) is 25.2. The molecule has 0 bridgehead atoms. The molecular formula is C25H26N2O4. The fraction of sp³-hybridized carbons (Fsp3) is 0.200. The molecule has 6 heteroatoms. The number of ether oxygens (including phenoxy) is 2. The summed E-state index contributed by atoms with van der Waals surface area (Å²) in [6.45, 7) is 2.72. The van der Waals surface area contributed by atoms with Crippen LogP contribution in [0, 0.1) is 0 Å². The van der Waals surface area contributed by atoms with Gasteiger partial charge in [-0.2, -0.15) is 0 Å². The van der Waals surface area contributed by atoms with Crippen molar-refractivity contribution in [3.63, 3.8) is 0 Å². The molecule has 0 aliphatic carbocycles. The second-order valence-electron chi connectivity index (χ2n) is 6.97. The number of anilines is 1. The topological polar surface area (TPSA) is 76.7 Å². The molecule has 6 nitrogen and oxygen atoms in total. The minimum atomic E-state index is -0.289. The summed E-state index contributed by atoms with van der Waals surface area (Å²) in [5, 5.41) is 5.82. The van der Waals surface area contributed by atoms with E-state index < -0.39 is 0 Å². The zero-order valence-corrected chi connectivity index (χ0v) is 17.6. The molecule has 3 rings (SSSR count). The van der Waals surface area contributed by atoms with Gasteiger partial charge in [0, 0.05) is 18.4 Å². The van der Waals surface area contributed by atoms with Crippen molar-refractivity contribution in [1.82, 2.24) is 5.32 Å². The van der Waals surface area contributed by atoms with E-state index in [1.54, 1.807) is 49.6 Å². The van der Waals surface area contributed by atoms with Crippen LogP contribution < -0.4 is 15.4 Å². The van der Waals surface area contributed by atoms with E-state index in [0.717, 1.165) is 5.56 Å². The SMILES string of the molecule is COCCOc1ccccc1C(=O)Nc1ccc(C(=O)NC(C)c2ccccc2)cc1.